The van der Waals surface area contributed by atoms with Crippen molar-refractivity contribution in [2.75, 3.05) is 0 Å². The second-order valence-electron chi connectivity index (χ2n) is 7.67. The van der Waals surface area contributed by atoms with Crippen LogP contribution in [0, 0.1) is 34.6 Å². The fourth-order valence-corrected chi connectivity index (χ4v) is 3.97. The minimum Gasteiger partial charge on any atom is -0.0564 e. The van der Waals surface area contributed by atoms with E-state index in [-0.39, 0.29) is 0 Å². The number of aryl methyl sites for hydroxylation is 5. The van der Waals surface area contributed by atoms with E-state index in [9.17, 15) is 0 Å². The van der Waals surface area contributed by atoms with Gasteiger partial charge in [-0.2, -0.15) is 0 Å². The lowest BCUT2D eigenvalue weighted by Gasteiger charge is -2.11. The molecule has 3 rings (SSSR count). The third-order valence-electron chi connectivity index (χ3n) is 4.58. The Morgan fingerprint density at radius 1 is 0.360 bits per heavy atom. The summed E-state index contributed by atoms with van der Waals surface area (Å²) in [5.74, 6) is 0. The minimum atomic E-state index is 1.00. The first-order chi connectivity index (χ1) is 11.9. The van der Waals surface area contributed by atoms with E-state index in [2.05, 4.69) is 89.2 Å². The summed E-state index contributed by atoms with van der Waals surface area (Å²) < 4.78 is 0. The van der Waals surface area contributed by atoms with Gasteiger partial charge in [-0.3, -0.25) is 0 Å². The normalized spacial score (nSPS) is 10.9. The van der Waals surface area contributed by atoms with Crippen molar-refractivity contribution in [3.8, 4) is 0 Å². The van der Waals surface area contributed by atoms with Crippen LogP contribution in [0.4, 0.5) is 0 Å². The van der Waals surface area contributed by atoms with Crippen molar-refractivity contribution < 1.29 is 0 Å². The molecule has 128 valence electrons. The Balaban J connectivity index is 1.87. The minimum absolute atomic E-state index is 1.00. The van der Waals surface area contributed by atoms with Gasteiger partial charge >= 0.3 is 0 Å². The maximum atomic E-state index is 2.38. The molecule has 0 fully saturated rings. The Morgan fingerprint density at radius 2 is 0.600 bits per heavy atom. The highest BCUT2D eigenvalue weighted by Crippen LogP contribution is 2.20. The second kappa shape index (κ2) is 7.27. The first-order valence-corrected chi connectivity index (χ1v) is 9.11. The molecule has 0 saturated heterocycles. The van der Waals surface area contributed by atoms with E-state index in [1.165, 1.54) is 50.1 Å². The van der Waals surface area contributed by atoms with Crippen LogP contribution >= 0.6 is 0 Å². The van der Waals surface area contributed by atoms with E-state index in [0.717, 1.165) is 12.8 Å². The average Bonchev–Trinajstić information content (AvgIpc) is 2.43. The number of rotatable bonds is 4. The molecule has 0 amide bonds. The van der Waals surface area contributed by atoms with Crippen molar-refractivity contribution in [1.29, 1.82) is 0 Å². The average molecular weight is 328 g/mol. The van der Waals surface area contributed by atoms with Crippen LogP contribution in [0.2, 0.25) is 0 Å². The van der Waals surface area contributed by atoms with Crippen LogP contribution in [-0.2, 0) is 12.8 Å². The Labute approximate surface area is 152 Å². The summed E-state index contributed by atoms with van der Waals surface area (Å²) in [6, 6.07) is 20.7. The maximum Gasteiger partial charge on any atom is -0.00254 e. The van der Waals surface area contributed by atoms with Gasteiger partial charge in [0.25, 0.3) is 0 Å². The Hall–Kier alpha value is -2.34. The van der Waals surface area contributed by atoms with Crippen molar-refractivity contribution >= 4 is 0 Å². The summed E-state index contributed by atoms with van der Waals surface area (Å²) in [4.78, 5) is 0. The molecule has 25 heavy (non-hydrogen) atoms. The van der Waals surface area contributed by atoms with Crippen molar-refractivity contribution in [3.05, 3.63) is 105 Å². The van der Waals surface area contributed by atoms with Crippen molar-refractivity contribution in [1.82, 2.24) is 0 Å². The smallest absolute Gasteiger partial charge is 0.00254 e. The number of hydrogen-bond acceptors (Lipinski definition) is 0. The second-order valence-corrected chi connectivity index (χ2v) is 7.67. The molecule has 0 bridgehead atoms. The first-order valence-electron chi connectivity index (χ1n) is 9.11. The molecular weight excluding hydrogens is 300 g/mol. The molecule has 0 nitrogen and oxygen atoms in total. The van der Waals surface area contributed by atoms with Crippen LogP contribution in [0.3, 0.4) is 0 Å². The number of hydrogen-bond donors (Lipinski definition) is 0. The summed E-state index contributed by atoms with van der Waals surface area (Å²) in [5.41, 5.74) is 12.4. The standard InChI is InChI=1S/C25H28/c1-17-6-18(2)9-22(8-17)14-24-12-21(5)13-25(16-24)15-23-10-19(3)7-20(4)11-23/h6-13,16H,14-15H2,1-5H3. The Kier molecular flexibility index (Phi) is 5.08. The third-order valence-corrected chi connectivity index (χ3v) is 4.58. The summed E-state index contributed by atoms with van der Waals surface area (Å²) in [5, 5.41) is 0. The van der Waals surface area contributed by atoms with Gasteiger partial charge in [0.1, 0.15) is 0 Å². The van der Waals surface area contributed by atoms with Crippen LogP contribution in [-0.4, -0.2) is 0 Å². The molecule has 0 heteroatoms. The topological polar surface area (TPSA) is 0 Å². The summed E-state index contributed by atoms with van der Waals surface area (Å²) >= 11 is 0. The third kappa shape index (κ3) is 4.82. The summed E-state index contributed by atoms with van der Waals surface area (Å²) in [7, 11) is 0. The highest BCUT2D eigenvalue weighted by atomic mass is 14.1. The van der Waals surface area contributed by atoms with Crippen LogP contribution in [0.15, 0.2) is 54.6 Å². The van der Waals surface area contributed by atoms with Gasteiger partial charge in [-0.1, -0.05) is 82.4 Å². The monoisotopic (exact) mass is 328 g/mol. The van der Waals surface area contributed by atoms with E-state index >= 15 is 0 Å². The van der Waals surface area contributed by atoms with Gasteiger partial charge in [0.05, 0.1) is 0 Å². The van der Waals surface area contributed by atoms with E-state index in [1.54, 1.807) is 0 Å². The zero-order valence-electron chi connectivity index (χ0n) is 16.1. The van der Waals surface area contributed by atoms with Gasteiger partial charge in [-0.15, -0.1) is 0 Å². The molecule has 0 unspecified atom stereocenters. The van der Waals surface area contributed by atoms with E-state index in [1.807, 2.05) is 0 Å². The Morgan fingerprint density at radius 3 is 0.920 bits per heavy atom. The van der Waals surface area contributed by atoms with Crippen LogP contribution in [0.1, 0.15) is 50.1 Å². The lowest BCUT2D eigenvalue weighted by Crippen LogP contribution is -1.96. The van der Waals surface area contributed by atoms with Gasteiger partial charge in [-0.25, -0.2) is 0 Å². The van der Waals surface area contributed by atoms with Crippen molar-refractivity contribution in [2.24, 2.45) is 0 Å². The summed E-state index contributed by atoms with van der Waals surface area (Å²) in [6.45, 7) is 10.9. The predicted molar refractivity (Wildman–Crippen MR) is 109 cm³/mol. The van der Waals surface area contributed by atoms with Crippen LogP contribution in [0.25, 0.3) is 0 Å². The first kappa shape index (κ1) is 17.5. The molecule has 0 radical (unpaired) electrons. The lowest BCUT2D eigenvalue weighted by atomic mass is 9.95. The molecule has 0 aliphatic carbocycles. The zero-order chi connectivity index (χ0) is 18.0. The van der Waals surface area contributed by atoms with E-state index in [0.29, 0.717) is 0 Å². The molecule has 3 aromatic carbocycles. The molecule has 3 aromatic rings. The highest BCUT2D eigenvalue weighted by molar-refractivity contribution is 5.39. The zero-order valence-corrected chi connectivity index (χ0v) is 16.1. The molecule has 0 spiro atoms. The number of benzene rings is 3. The maximum absolute atomic E-state index is 2.38. The highest BCUT2D eigenvalue weighted by Gasteiger charge is 2.04. The molecule has 0 atom stereocenters. The van der Waals surface area contributed by atoms with Gasteiger partial charge in [0, 0.05) is 0 Å². The molecule has 0 aromatic heterocycles. The Bertz CT molecular complexity index is 788. The van der Waals surface area contributed by atoms with E-state index in [4.69, 9.17) is 0 Å². The largest absolute Gasteiger partial charge is 0.0564 e. The summed E-state index contributed by atoms with van der Waals surface area (Å²) in [6.07, 6.45) is 2.01. The SMILES string of the molecule is Cc1cc(C)cc(Cc2cc(C)cc(Cc3cc(C)cc(C)c3)c2)c1. The van der Waals surface area contributed by atoms with Gasteiger partial charge < -0.3 is 0 Å². The van der Waals surface area contributed by atoms with Gasteiger partial charge in [-0.05, 0) is 69.7 Å². The van der Waals surface area contributed by atoms with Gasteiger partial charge in [0.2, 0.25) is 0 Å². The quantitative estimate of drug-likeness (QED) is 0.519. The molecular formula is C25H28. The van der Waals surface area contributed by atoms with E-state index < -0.39 is 0 Å². The van der Waals surface area contributed by atoms with Crippen molar-refractivity contribution in [3.63, 3.8) is 0 Å². The fourth-order valence-electron chi connectivity index (χ4n) is 3.97. The van der Waals surface area contributed by atoms with Crippen molar-refractivity contribution in [2.45, 2.75) is 47.5 Å². The predicted octanol–water partition coefficient (Wildman–Crippen LogP) is 6.41. The van der Waals surface area contributed by atoms with Gasteiger partial charge in [0.15, 0.2) is 0 Å². The lowest BCUT2D eigenvalue weighted by molar-refractivity contribution is 1.11. The molecule has 0 N–H and O–H groups in total. The van der Waals surface area contributed by atoms with Crippen LogP contribution < -0.4 is 0 Å². The molecule has 0 heterocycles. The molecule has 0 saturated carbocycles. The van der Waals surface area contributed by atoms with Crippen LogP contribution in [0.5, 0.6) is 0 Å². The molecule has 0 aliphatic rings. The fraction of sp³-hybridized carbons (Fsp3) is 0.280. The molecule has 0 aliphatic heterocycles.